The molecule has 0 unspecified atom stereocenters. The Morgan fingerprint density at radius 1 is 1.04 bits per heavy atom. The molecule has 2 aromatic heterocycles. The summed E-state index contributed by atoms with van der Waals surface area (Å²) in [6.45, 7) is 6.09. The maximum Gasteiger partial charge on any atom is 0.114 e. The fourth-order valence-corrected chi connectivity index (χ4v) is 3.22. The molecule has 4 nitrogen and oxygen atoms in total. The zero-order valence-electron chi connectivity index (χ0n) is 14.6. The Hall–Kier alpha value is -2.88. The second kappa shape index (κ2) is 6.20. The first-order valence-electron chi connectivity index (χ1n) is 8.58. The lowest BCUT2D eigenvalue weighted by atomic mass is 10.1. The fraction of sp³-hybridized carbons (Fsp3) is 0.190. The van der Waals surface area contributed by atoms with Gasteiger partial charge in [-0.15, -0.1) is 0 Å². The number of hydrogen-bond donors (Lipinski definition) is 0. The summed E-state index contributed by atoms with van der Waals surface area (Å²) in [5, 5.41) is 4.26. The fourth-order valence-electron chi connectivity index (χ4n) is 3.22. The third kappa shape index (κ3) is 2.74. The van der Waals surface area contributed by atoms with E-state index in [0.29, 0.717) is 0 Å². The lowest BCUT2D eigenvalue weighted by Gasteiger charge is -2.09. The number of nitrogens with zero attached hydrogens (tertiary/aromatic N) is 4. The van der Waals surface area contributed by atoms with Crippen LogP contribution in [0, 0.1) is 6.92 Å². The van der Waals surface area contributed by atoms with E-state index in [1.54, 1.807) is 0 Å². The summed E-state index contributed by atoms with van der Waals surface area (Å²) in [5.74, 6) is 1.07. The molecule has 0 fully saturated rings. The number of rotatable bonds is 4. The van der Waals surface area contributed by atoms with Crippen LogP contribution in [0.5, 0.6) is 0 Å². The number of imidazole rings is 1. The third-order valence-corrected chi connectivity index (χ3v) is 4.56. The van der Waals surface area contributed by atoms with Gasteiger partial charge in [0.25, 0.3) is 0 Å². The molecule has 125 valence electrons. The van der Waals surface area contributed by atoms with Gasteiger partial charge in [-0.2, -0.15) is 5.10 Å². The van der Waals surface area contributed by atoms with Crippen LogP contribution in [-0.4, -0.2) is 19.3 Å². The summed E-state index contributed by atoms with van der Waals surface area (Å²) in [6.07, 6.45) is 5.60. The predicted molar refractivity (Wildman–Crippen MR) is 102 cm³/mol. The van der Waals surface area contributed by atoms with Gasteiger partial charge in [-0.1, -0.05) is 25.1 Å². The second-order valence-corrected chi connectivity index (χ2v) is 6.24. The van der Waals surface area contributed by atoms with Crippen molar-refractivity contribution in [2.75, 3.05) is 0 Å². The van der Waals surface area contributed by atoms with E-state index >= 15 is 0 Å². The lowest BCUT2D eigenvalue weighted by Crippen LogP contribution is -2.00. The molecule has 4 aromatic rings. The Balaban J connectivity index is 1.86. The predicted octanol–water partition coefficient (Wildman–Crippen LogP) is 4.36. The van der Waals surface area contributed by atoms with Gasteiger partial charge in [0.05, 0.1) is 17.2 Å². The summed E-state index contributed by atoms with van der Waals surface area (Å²) in [6, 6.07) is 15.0. The standard InChI is InChI=1S/C21H21N4/c1-4-15-6-9-18(10-7-15)25-20-11-8-16(17-13-22-24(3)14-17)12-19(20)23-21(25)5-2/h6-14H,1,4-5H2,2-3H3. The zero-order chi connectivity index (χ0) is 17.4. The number of benzene rings is 2. The average molecular weight is 329 g/mol. The molecule has 0 saturated heterocycles. The molecule has 25 heavy (non-hydrogen) atoms. The molecule has 0 N–H and O–H groups in total. The molecule has 4 heteroatoms. The molecular formula is C21H21N4. The SMILES string of the molecule is [CH2]Cc1ccc(-n2c(CC)nc3cc(-c4cnn(C)c4)ccc32)cc1. The summed E-state index contributed by atoms with van der Waals surface area (Å²) < 4.78 is 4.06. The van der Waals surface area contributed by atoms with Crippen molar-refractivity contribution in [3.05, 3.63) is 73.2 Å². The molecule has 0 aliphatic carbocycles. The Morgan fingerprint density at radius 3 is 2.48 bits per heavy atom. The van der Waals surface area contributed by atoms with Crippen LogP contribution >= 0.6 is 0 Å². The van der Waals surface area contributed by atoms with E-state index in [9.17, 15) is 0 Å². The topological polar surface area (TPSA) is 35.6 Å². The van der Waals surface area contributed by atoms with E-state index in [-0.39, 0.29) is 0 Å². The van der Waals surface area contributed by atoms with Gasteiger partial charge in [0.1, 0.15) is 5.82 Å². The zero-order valence-corrected chi connectivity index (χ0v) is 14.6. The van der Waals surface area contributed by atoms with Gasteiger partial charge in [0.15, 0.2) is 0 Å². The summed E-state index contributed by atoms with van der Waals surface area (Å²) >= 11 is 0. The minimum atomic E-state index is 0.806. The second-order valence-electron chi connectivity index (χ2n) is 6.24. The number of aromatic nitrogens is 4. The Morgan fingerprint density at radius 2 is 1.84 bits per heavy atom. The quantitative estimate of drug-likeness (QED) is 0.557. The molecular weight excluding hydrogens is 308 g/mol. The van der Waals surface area contributed by atoms with Crippen molar-refractivity contribution in [3.63, 3.8) is 0 Å². The van der Waals surface area contributed by atoms with Gasteiger partial charge in [0, 0.05) is 30.9 Å². The highest BCUT2D eigenvalue weighted by Gasteiger charge is 2.12. The molecule has 0 bridgehead atoms. The van der Waals surface area contributed by atoms with E-state index in [4.69, 9.17) is 4.98 Å². The van der Waals surface area contributed by atoms with E-state index in [1.807, 2.05) is 24.1 Å². The monoisotopic (exact) mass is 329 g/mol. The highest BCUT2D eigenvalue weighted by Crippen LogP contribution is 2.27. The summed E-state index contributed by atoms with van der Waals surface area (Å²) in [5.41, 5.74) is 6.78. The Bertz CT molecular complexity index is 1020. The lowest BCUT2D eigenvalue weighted by molar-refractivity contribution is 0.768. The van der Waals surface area contributed by atoms with Gasteiger partial charge in [0.2, 0.25) is 0 Å². The van der Waals surface area contributed by atoms with Gasteiger partial charge >= 0.3 is 0 Å². The number of aryl methyl sites for hydroxylation is 2. The number of fused-ring (bicyclic) bond motifs is 1. The first-order chi connectivity index (χ1) is 12.2. The highest BCUT2D eigenvalue weighted by atomic mass is 15.2. The van der Waals surface area contributed by atoms with Crippen LogP contribution in [0.2, 0.25) is 0 Å². The molecule has 4 rings (SSSR count). The van der Waals surface area contributed by atoms with E-state index in [2.05, 4.69) is 66.0 Å². The first kappa shape index (κ1) is 15.6. The van der Waals surface area contributed by atoms with Gasteiger partial charge in [-0.25, -0.2) is 4.98 Å². The molecule has 0 atom stereocenters. The van der Waals surface area contributed by atoms with Crippen molar-refractivity contribution < 1.29 is 0 Å². The van der Waals surface area contributed by atoms with Gasteiger partial charge in [-0.05, 0) is 48.7 Å². The normalized spacial score (nSPS) is 11.3. The van der Waals surface area contributed by atoms with Gasteiger partial charge < -0.3 is 0 Å². The average Bonchev–Trinajstić information content (AvgIpc) is 3.24. The van der Waals surface area contributed by atoms with Crippen molar-refractivity contribution >= 4 is 11.0 Å². The minimum Gasteiger partial charge on any atom is -0.296 e. The van der Waals surface area contributed by atoms with Crippen LogP contribution in [0.3, 0.4) is 0 Å². The van der Waals surface area contributed by atoms with Gasteiger partial charge in [-0.3, -0.25) is 9.25 Å². The largest absolute Gasteiger partial charge is 0.296 e. The molecule has 1 radical (unpaired) electrons. The minimum absolute atomic E-state index is 0.806. The van der Waals surface area contributed by atoms with Crippen molar-refractivity contribution in [3.8, 4) is 16.8 Å². The van der Waals surface area contributed by atoms with Crippen molar-refractivity contribution in [2.45, 2.75) is 19.8 Å². The molecule has 0 amide bonds. The first-order valence-corrected chi connectivity index (χ1v) is 8.58. The maximum absolute atomic E-state index is 4.87. The van der Waals surface area contributed by atoms with Crippen LogP contribution in [0.15, 0.2) is 54.9 Å². The van der Waals surface area contributed by atoms with E-state index in [1.165, 1.54) is 5.56 Å². The highest BCUT2D eigenvalue weighted by molar-refractivity contribution is 5.84. The van der Waals surface area contributed by atoms with Crippen LogP contribution in [0.1, 0.15) is 18.3 Å². The van der Waals surface area contributed by atoms with Crippen molar-refractivity contribution in [1.82, 2.24) is 19.3 Å². The smallest absolute Gasteiger partial charge is 0.114 e. The van der Waals surface area contributed by atoms with E-state index in [0.717, 1.165) is 46.5 Å². The van der Waals surface area contributed by atoms with Crippen LogP contribution in [0.4, 0.5) is 0 Å². The number of hydrogen-bond acceptors (Lipinski definition) is 2. The third-order valence-electron chi connectivity index (χ3n) is 4.56. The van der Waals surface area contributed by atoms with Crippen molar-refractivity contribution in [2.24, 2.45) is 7.05 Å². The van der Waals surface area contributed by atoms with Crippen LogP contribution in [0.25, 0.3) is 27.8 Å². The molecule has 0 aliphatic rings. The van der Waals surface area contributed by atoms with Crippen LogP contribution < -0.4 is 0 Å². The molecule has 2 aromatic carbocycles. The van der Waals surface area contributed by atoms with E-state index < -0.39 is 0 Å². The molecule has 0 spiro atoms. The molecule has 0 saturated carbocycles. The maximum atomic E-state index is 4.87. The Kier molecular flexibility index (Phi) is 3.88. The Labute approximate surface area is 147 Å². The summed E-state index contributed by atoms with van der Waals surface area (Å²) in [4.78, 5) is 4.87. The van der Waals surface area contributed by atoms with Crippen LogP contribution in [-0.2, 0) is 19.9 Å². The molecule has 0 aliphatic heterocycles. The molecule has 2 heterocycles. The van der Waals surface area contributed by atoms with Crippen molar-refractivity contribution in [1.29, 1.82) is 0 Å². The summed E-state index contributed by atoms with van der Waals surface area (Å²) in [7, 11) is 1.93.